The Morgan fingerprint density at radius 1 is 0.611 bits per heavy atom. The number of carbonyl (C=O) groups excluding carboxylic acids is 8. The molecule has 6 N–H and O–H groups in total. The first-order valence-corrected chi connectivity index (χ1v) is 40.8. The van der Waals surface area contributed by atoms with Crippen LogP contribution >= 0.6 is 44.3 Å². The molecule has 0 aliphatic carbocycles. The topological polar surface area (TPSA) is 296 Å². The molecule has 1 aliphatic rings. The van der Waals surface area contributed by atoms with E-state index in [0.717, 1.165) is 44.1 Å². The Hall–Kier alpha value is -9.38. The highest BCUT2D eigenvalue weighted by Gasteiger charge is 2.39. The first-order chi connectivity index (χ1) is 52.0. The number of nitrogens with one attached hydrogen (secondary N) is 6. The van der Waals surface area contributed by atoms with Gasteiger partial charge in [-0.1, -0.05) is 203 Å². The summed E-state index contributed by atoms with van der Waals surface area (Å²) in [6, 6.07) is 37.6. The molecular weight excluding hydrogens is 1450 g/mol. The van der Waals surface area contributed by atoms with Crippen LogP contribution in [-0.2, 0) is 76.9 Å². The molecule has 24 nitrogen and oxygen atoms in total. The zero-order chi connectivity index (χ0) is 77.3. The van der Waals surface area contributed by atoms with Crippen molar-refractivity contribution in [1.82, 2.24) is 51.7 Å². The van der Waals surface area contributed by atoms with Gasteiger partial charge in [0.05, 0.1) is 39.7 Å². The number of benzene rings is 5. The molecule has 580 valence electrons. The number of urea groups is 2. The summed E-state index contributed by atoms with van der Waals surface area (Å²) in [6.45, 7) is 15.8. The van der Waals surface area contributed by atoms with Gasteiger partial charge < -0.3 is 70.1 Å². The van der Waals surface area contributed by atoms with Crippen molar-refractivity contribution in [2.75, 3.05) is 51.5 Å². The van der Waals surface area contributed by atoms with Gasteiger partial charge in [-0.05, 0) is 91.2 Å². The Kier molecular flexibility index (Phi) is 34.5. The summed E-state index contributed by atoms with van der Waals surface area (Å²) in [5.41, 5.74) is 7.44. The van der Waals surface area contributed by atoms with Gasteiger partial charge in [0.25, 0.3) is 5.91 Å². The summed E-state index contributed by atoms with van der Waals surface area (Å²) in [4.78, 5) is 125. The Labute approximate surface area is 649 Å². The summed E-state index contributed by atoms with van der Waals surface area (Å²) >= 11 is 2.85. The fourth-order valence-corrected chi connectivity index (χ4v) is 15.5. The number of hydrogen-bond donors (Lipinski definition) is 6. The third kappa shape index (κ3) is 28.3. The average Bonchev–Trinajstić information content (AvgIpc) is 0.987. The molecule has 0 bridgehead atoms. The van der Waals surface area contributed by atoms with Crippen LogP contribution in [0.2, 0.25) is 0 Å². The van der Waals surface area contributed by atoms with Crippen molar-refractivity contribution in [2.24, 2.45) is 11.8 Å². The summed E-state index contributed by atoms with van der Waals surface area (Å²) < 4.78 is 35.9. The number of aromatic nitrogens is 2. The van der Waals surface area contributed by atoms with Crippen LogP contribution in [0.1, 0.15) is 116 Å². The van der Waals surface area contributed by atoms with E-state index < -0.39 is 84.7 Å². The largest absolute Gasteiger partial charge is 0.508 e. The van der Waals surface area contributed by atoms with Gasteiger partial charge in [-0.3, -0.25) is 19.4 Å². The summed E-state index contributed by atoms with van der Waals surface area (Å²) in [7, 11) is 4.33. The maximum absolute atomic E-state index is 14.7. The molecule has 1 aliphatic heterocycles. The van der Waals surface area contributed by atoms with E-state index in [1.54, 1.807) is 23.7 Å². The highest BCUT2D eigenvalue weighted by molar-refractivity contribution is 8.76. The number of amides is 8. The molecule has 3 heterocycles. The number of nitrogens with zero attached hydrogens (tertiary/aromatic N) is 4. The molecule has 28 heteroatoms. The Bertz CT molecular complexity index is 3920. The maximum atomic E-state index is 14.7. The zero-order valence-corrected chi connectivity index (χ0v) is 66.1. The molecule has 2 aromatic heterocycles. The van der Waals surface area contributed by atoms with Crippen molar-refractivity contribution < 1.29 is 66.8 Å². The number of hydrogen-bond acceptors (Lipinski definition) is 20. The van der Waals surface area contributed by atoms with E-state index in [2.05, 4.69) is 55.7 Å². The van der Waals surface area contributed by atoms with Crippen molar-refractivity contribution in [3.05, 3.63) is 206 Å². The predicted molar refractivity (Wildman–Crippen MR) is 422 cm³/mol. The van der Waals surface area contributed by atoms with Crippen LogP contribution in [0.15, 0.2) is 157 Å². The van der Waals surface area contributed by atoms with E-state index in [-0.39, 0.29) is 106 Å². The fraction of sp³-hybridized carbons (Fsp3) is 0.450. The number of para-hydroxylation sites is 1. The van der Waals surface area contributed by atoms with E-state index >= 15 is 0 Å². The number of rotatable bonds is 41. The van der Waals surface area contributed by atoms with Crippen LogP contribution in [0.3, 0.4) is 0 Å². The SMILES string of the molecule is Cc1cccc(C)c1OCC(=O)N[C@@H](Cc1ccccc1)[C@H](C[C@H](Cc1ccccc1)NC(=O)C(C(C)C)N1CCCNC1=O)OC(=O)OCCSSCCOC(=O)O[C@@H](C[C@H](Cc1ccccc1)NC(=O)C(NC(=O)N(C)Cc1csc(C(C)C)n1)C(C)C)[C@H](Cc1ccccc1)NC(=O)OCc1cncs1. The number of aryl methyl sites for hydroxylation is 2. The second-order valence-electron chi connectivity index (χ2n) is 27.6. The van der Waals surface area contributed by atoms with Gasteiger partial charge in [-0.25, -0.2) is 29.0 Å². The normalized spacial score (nSPS) is 14.3. The van der Waals surface area contributed by atoms with Crippen LogP contribution < -0.4 is 36.6 Å². The van der Waals surface area contributed by atoms with Crippen molar-refractivity contribution in [3.8, 4) is 5.75 Å². The minimum Gasteiger partial charge on any atom is -0.483 e. The van der Waals surface area contributed by atoms with Crippen molar-refractivity contribution in [3.63, 3.8) is 0 Å². The first-order valence-electron chi connectivity index (χ1n) is 36.5. The van der Waals surface area contributed by atoms with E-state index in [4.69, 9.17) is 28.4 Å². The molecular formula is C80H102N10O14S4. The molecule has 2 unspecified atom stereocenters. The molecule has 8 amide bonds. The summed E-state index contributed by atoms with van der Waals surface area (Å²) in [5.74, 6) is -0.611. The highest BCUT2D eigenvalue weighted by Crippen LogP contribution is 2.27. The molecule has 8 rings (SSSR count). The van der Waals surface area contributed by atoms with Gasteiger partial charge in [0.2, 0.25) is 11.8 Å². The number of ether oxygens (including phenoxy) is 6. The smallest absolute Gasteiger partial charge is 0.483 e. The first kappa shape index (κ1) is 84.2. The minimum absolute atomic E-state index is 0.0125. The van der Waals surface area contributed by atoms with Gasteiger partial charge in [0.1, 0.15) is 49.9 Å². The Morgan fingerprint density at radius 3 is 1.61 bits per heavy atom. The van der Waals surface area contributed by atoms with E-state index in [0.29, 0.717) is 36.6 Å². The molecule has 0 radical (unpaired) electrons. The van der Waals surface area contributed by atoms with Crippen molar-refractivity contribution in [1.29, 1.82) is 0 Å². The third-order valence-electron chi connectivity index (χ3n) is 17.8. The van der Waals surface area contributed by atoms with Crippen LogP contribution in [0, 0.1) is 25.7 Å². The van der Waals surface area contributed by atoms with E-state index in [1.807, 2.05) is 186 Å². The van der Waals surface area contributed by atoms with E-state index in [9.17, 15) is 38.4 Å². The second kappa shape index (κ2) is 44.2. The third-order valence-corrected chi connectivity index (χ3v) is 22.1. The van der Waals surface area contributed by atoms with Gasteiger partial charge in [0, 0.05) is 74.1 Å². The molecule has 0 spiro atoms. The number of thiazole rings is 2. The predicted octanol–water partition coefficient (Wildman–Crippen LogP) is 13.0. The highest BCUT2D eigenvalue weighted by atomic mass is 33.1. The standard InChI is InChI=1S/C80H102N10O14S4/c1-52(2)70(88-77(95)89(9)47-63-50-105-75(85-63)54(5)6)73(92)83-61(40-57-26-14-10-15-27-57)44-68(66(43-60-32-20-13-21-33-60)87-78(96)102-48-64-46-81-51-106-64)104-80(98)100-37-39-108-107-38-36-99-79(97)103-67(65(42-59-30-18-12-19-31-59)86-69(91)49-101-72-55(7)24-22-25-56(72)8)45-62(41-58-28-16-11-17-29-58)84-74(93)71(53(3)4)90-35-23-34-82-76(90)94/h10-22,24-33,46,50-54,61-62,65-68,70-71H,23,34-45,47-49H2,1-9H3,(H,82,94)(H,83,92)(H,84,93)(H,86,91)(H,87,96)(H,88,95)/t61-,62-,65-,66-,67-,68-,70?,71?/m0/s1. The van der Waals surface area contributed by atoms with Crippen LogP contribution in [-0.4, -0.2) is 168 Å². The van der Waals surface area contributed by atoms with Gasteiger partial charge >= 0.3 is 30.5 Å². The Balaban J connectivity index is 0.952. The quantitative estimate of drug-likeness (QED) is 0.00898. The van der Waals surface area contributed by atoms with Crippen LogP contribution in [0.4, 0.5) is 24.0 Å². The van der Waals surface area contributed by atoms with Gasteiger partial charge in [0.15, 0.2) is 6.61 Å². The lowest BCUT2D eigenvalue weighted by molar-refractivity contribution is -0.128. The molecule has 108 heavy (non-hydrogen) atoms. The lowest BCUT2D eigenvalue weighted by Crippen LogP contribution is -2.59. The second-order valence-corrected chi connectivity index (χ2v) is 32.2. The molecule has 1 fully saturated rings. The zero-order valence-electron chi connectivity index (χ0n) is 62.8. The van der Waals surface area contributed by atoms with Gasteiger partial charge in [-0.2, -0.15) is 0 Å². The van der Waals surface area contributed by atoms with E-state index in [1.165, 1.54) is 49.2 Å². The lowest BCUT2D eigenvalue weighted by atomic mass is 9.92. The molecule has 1 saturated heterocycles. The number of alkyl carbamates (subject to hydrolysis) is 1. The summed E-state index contributed by atoms with van der Waals surface area (Å²) in [5, 5.41) is 21.2. The fourth-order valence-electron chi connectivity index (χ4n) is 12.5. The molecule has 0 saturated carbocycles. The molecule has 8 atom stereocenters. The maximum Gasteiger partial charge on any atom is 0.508 e. The summed E-state index contributed by atoms with van der Waals surface area (Å²) in [6.07, 6.45) is -1.91. The minimum atomic E-state index is -1.15. The Morgan fingerprint density at radius 2 is 1.13 bits per heavy atom. The molecule has 7 aromatic rings. The van der Waals surface area contributed by atoms with Crippen molar-refractivity contribution >= 4 is 92.4 Å². The monoisotopic (exact) mass is 1550 g/mol. The van der Waals surface area contributed by atoms with Crippen LogP contribution in [0.5, 0.6) is 5.75 Å². The van der Waals surface area contributed by atoms with Crippen molar-refractivity contribution in [2.45, 2.75) is 168 Å². The van der Waals surface area contributed by atoms with Gasteiger partial charge in [-0.15, -0.1) is 22.7 Å². The lowest BCUT2D eigenvalue weighted by Gasteiger charge is -2.37. The number of carbonyl (C=O) groups is 8. The average molecular weight is 1560 g/mol. The van der Waals surface area contributed by atoms with Crippen LogP contribution in [0.25, 0.3) is 0 Å². The molecule has 5 aromatic carbocycles.